The van der Waals surface area contributed by atoms with Gasteiger partial charge >= 0.3 is 0 Å². The highest BCUT2D eigenvalue weighted by molar-refractivity contribution is 5.95. The number of aliphatic hydroxyl groups excluding tert-OH is 1. The molecule has 7 nitrogen and oxygen atoms in total. The average Bonchev–Trinajstić information content (AvgIpc) is 2.77. The largest absolute Gasteiger partial charge is 0.493 e. The summed E-state index contributed by atoms with van der Waals surface area (Å²) in [6, 6.07) is 6.23. The number of ether oxygens (including phenoxy) is 4. The highest BCUT2D eigenvalue weighted by Crippen LogP contribution is 2.36. The predicted molar refractivity (Wildman–Crippen MR) is 103 cm³/mol. The van der Waals surface area contributed by atoms with Gasteiger partial charge in [0, 0.05) is 12.1 Å². The lowest BCUT2D eigenvalue weighted by molar-refractivity contribution is -0.0812. The number of halogens is 2. The van der Waals surface area contributed by atoms with Crippen LogP contribution in [0.5, 0.6) is 17.2 Å². The molecule has 1 N–H and O–H groups in total. The van der Waals surface area contributed by atoms with Gasteiger partial charge in [-0.3, -0.25) is 4.79 Å². The first-order chi connectivity index (χ1) is 14.4. The smallest absolute Gasteiger partial charge is 0.254 e. The van der Waals surface area contributed by atoms with Crippen molar-refractivity contribution in [3.05, 3.63) is 53.1 Å². The van der Waals surface area contributed by atoms with Crippen LogP contribution in [-0.4, -0.2) is 63.1 Å². The van der Waals surface area contributed by atoms with Crippen molar-refractivity contribution in [3.8, 4) is 17.2 Å². The molecule has 0 radical (unpaired) electrons. The Morgan fingerprint density at radius 2 is 1.77 bits per heavy atom. The zero-order valence-electron chi connectivity index (χ0n) is 16.9. The standard InChI is InChI=1S/C21H23F2NO6/c1-27-16-5-4-12(10-17(16)28-2)19-18(11-25)30-7-6-24(19)21(26)13-8-14(22)20(29-3)15(23)9-13/h4-5,8-10,18-19,25H,6-7,11H2,1-3H3/t18-,19-/m1/s1. The average molecular weight is 423 g/mol. The molecule has 0 unspecified atom stereocenters. The first-order valence-corrected chi connectivity index (χ1v) is 9.23. The van der Waals surface area contributed by atoms with Gasteiger partial charge in [0.2, 0.25) is 0 Å². The van der Waals surface area contributed by atoms with E-state index in [1.165, 1.54) is 19.1 Å². The molecule has 162 valence electrons. The Balaban J connectivity index is 2.03. The van der Waals surface area contributed by atoms with Crippen LogP contribution in [0.15, 0.2) is 30.3 Å². The highest BCUT2D eigenvalue weighted by atomic mass is 19.1. The van der Waals surface area contributed by atoms with Crippen molar-refractivity contribution in [2.75, 3.05) is 41.1 Å². The van der Waals surface area contributed by atoms with Crippen molar-refractivity contribution in [2.45, 2.75) is 12.1 Å². The number of hydrogen-bond acceptors (Lipinski definition) is 6. The molecule has 3 rings (SSSR count). The molecule has 1 aliphatic rings. The minimum absolute atomic E-state index is 0.169. The van der Waals surface area contributed by atoms with Gasteiger partial charge in [0.05, 0.1) is 40.6 Å². The third kappa shape index (κ3) is 4.03. The number of benzene rings is 2. The van der Waals surface area contributed by atoms with Gasteiger partial charge in [-0.15, -0.1) is 0 Å². The molecule has 2 aromatic rings. The van der Waals surface area contributed by atoms with Crippen molar-refractivity contribution in [1.82, 2.24) is 4.90 Å². The van der Waals surface area contributed by atoms with Gasteiger partial charge < -0.3 is 29.0 Å². The predicted octanol–water partition coefficient (Wildman–Crippen LogP) is 2.57. The molecule has 9 heteroatoms. The summed E-state index contributed by atoms with van der Waals surface area (Å²) < 4.78 is 49.2. The van der Waals surface area contributed by atoms with Crippen molar-refractivity contribution < 1.29 is 37.6 Å². The number of nitrogens with zero attached hydrogens (tertiary/aromatic N) is 1. The topological polar surface area (TPSA) is 77.5 Å². The number of methoxy groups -OCH3 is 3. The molecule has 0 spiro atoms. The van der Waals surface area contributed by atoms with Crippen LogP contribution >= 0.6 is 0 Å². The molecule has 1 amide bonds. The molecular weight excluding hydrogens is 400 g/mol. The van der Waals surface area contributed by atoms with E-state index in [4.69, 9.17) is 14.2 Å². The van der Waals surface area contributed by atoms with Gasteiger partial charge in [0.1, 0.15) is 6.10 Å². The van der Waals surface area contributed by atoms with Crippen LogP contribution in [0.4, 0.5) is 8.78 Å². The van der Waals surface area contributed by atoms with Gasteiger partial charge in [-0.25, -0.2) is 8.78 Å². The van der Waals surface area contributed by atoms with Gasteiger partial charge in [0.25, 0.3) is 5.91 Å². The van der Waals surface area contributed by atoms with E-state index in [9.17, 15) is 18.7 Å². The second-order valence-electron chi connectivity index (χ2n) is 6.62. The zero-order chi connectivity index (χ0) is 21.8. The van der Waals surface area contributed by atoms with Crippen LogP contribution in [0.2, 0.25) is 0 Å². The fraction of sp³-hybridized carbons (Fsp3) is 0.381. The Hall–Kier alpha value is -2.91. The summed E-state index contributed by atoms with van der Waals surface area (Å²) in [5.74, 6) is -2.18. The van der Waals surface area contributed by atoms with Crippen LogP contribution in [0.1, 0.15) is 22.0 Å². The van der Waals surface area contributed by atoms with Gasteiger partial charge in [-0.05, 0) is 29.8 Å². The van der Waals surface area contributed by atoms with Crippen LogP contribution in [-0.2, 0) is 4.74 Å². The number of rotatable bonds is 6. The van der Waals surface area contributed by atoms with E-state index < -0.39 is 35.4 Å². The fourth-order valence-corrected chi connectivity index (χ4v) is 3.59. The summed E-state index contributed by atoms with van der Waals surface area (Å²) in [6.45, 7) is -0.0143. The number of hydrogen-bond donors (Lipinski definition) is 1. The van der Waals surface area contributed by atoms with Crippen molar-refractivity contribution in [1.29, 1.82) is 0 Å². The van der Waals surface area contributed by atoms with Crippen LogP contribution in [0.25, 0.3) is 0 Å². The molecule has 30 heavy (non-hydrogen) atoms. The molecule has 0 aliphatic carbocycles. The van der Waals surface area contributed by atoms with E-state index in [0.717, 1.165) is 19.2 Å². The Morgan fingerprint density at radius 3 is 2.33 bits per heavy atom. The first-order valence-electron chi connectivity index (χ1n) is 9.23. The molecule has 0 bridgehead atoms. The summed E-state index contributed by atoms with van der Waals surface area (Å²) in [6.07, 6.45) is -0.728. The summed E-state index contributed by atoms with van der Waals surface area (Å²) >= 11 is 0. The van der Waals surface area contributed by atoms with Crippen molar-refractivity contribution in [2.24, 2.45) is 0 Å². The van der Waals surface area contributed by atoms with Crippen molar-refractivity contribution >= 4 is 5.91 Å². The molecule has 1 heterocycles. The molecular formula is C21H23F2NO6. The number of carbonyl (C=O) groups is 1. The molecule has 0 aromatic heterocycles. The highest BCUT2D eigenvalue weighted by Gasteiger charge is 2.37. The lowest BCUT2D eigenvalue weighted by Crippen LogP contribution is -2.49. The Kier molecular flexibility index (Phi) is 6.73. The monoisotopic (exact) mass is 423 g/mol. The lowest BCUT2D eigenvalue weighted by atomic mass is 9.96. The lowest BCUT2D eigenvalue weighted by Gasteiger charge is -2.41. The van der Waals surface area contributed by atoms with E-state index in [0.29, 0.717) is 17.1 Å². The number of carbonyl (C=O) groups excluding carboxylic acids is 1. The minimum Gasteiger partial charge on any atom is -0.493 e. The zero-order valence-corrected chi connectivity index (χ0v) is 16.9. The number of aliphatic hydroxyl groups is 1. The third-order valence-electron chi connectivity index (χ3n) is 4.99. The third-order valence-corrected chi connectivity index (χ3v) is 4.99. The summed E-state index contributed by atoms with van der Waals surface area (Å²) in [5.41, 5.74) is 0.448. The fourth-order valence-electron chi connectivity index (χ4n) is 3.59. The second-order valence-corrected chi connectivity index (χ2v) is 6.62. The molecule has 2 aromatic carbocycles. The summed E-state index contributed by atoms with van der Waals surface area (Å²) in [4.78, 5) is 14.6. The summed E-state index contributed by atoms with van der Waals surface area (Å²) in [7, 11) is 4.12. The van der Waals surface area contributed by atoms with E-state index >= 15 is 0 Å². The van der Waals surface area contributed by atoms with E-state index in [1.807, 2.05) is 0 Å². The Labute approximate surface area is 172 Å². The van der Waals surface area contributed by atoms with Crippen molar-refractivity contribution in [3.63, 3.8) is 0 Å². The second kappa shape index (κ2) is 9.27. The van der Waals surface area contributed by atoms with Crippen LogP contribution in [0.3, 0.4) is 0 Å². The molecule has 1 fully saturated rings. The Bertz CT molecular complexity index is 899. The molecule has 2 atom stereocenters. The Morgan fingerprint density at radius 1 is 1.10 bits per heavy atom. The molecule has 1 saturated heterocycles. The normalized spacial score (nSPS) is 18.8. The van der Waals surface area contributed by atoms with Crippen LogP contribution < -0.4 is 14.2 Å². The van der Waals surface area contributed by atoms with Gasteiger partial charge in [0.15, 0.2) is 28.9 Å². The molecule has 1 aliphatic heterocycles. The number of morpholine rings is 1. The minimum atomic E-state index is -0.976. The first kappa shape index (κ1) is 21.8. The quantitative estimate of drug-likeness (QED) is 0.770. The molecule has 0 saturated carbocycles. The number of amides is 1. The van der Waals surface area contributed by atoms with Crippen LogP contribution in [0, 0.1) is 11.6 Å². The SMILES string of the molecule is COc1ccc([C@@H]2[C@@H](CO)OCCN2C(=O)c2cc(F)c(OC)c(F)c2)cc1OC. The van der Waals surface area contributed by atoms with E-state index in [1.54, 1.807) is 18.2 Å². The van der Waals surface area contributed by atoms with E-state index in [-0.39, 0.29) is 25.3 Å². The van der Waals surface area contributed by atoms with Gasteiger partial charge in [-0.2, -0.15) is 0 Å². The summed E-state index contributed by atoms with van der Waals surface area (Å²) in [5, 5.41) is 9.82. The van der Waals surface area contributed by atoms with Gasteiger partial charge in [-0.1, -0.05) is 6.07 Å². The maximum Gasteiger partial charge on any atom is 0.254 e. The maximum atomic E-state index is 14.2. The maximum absolute atomic E-state index is 14.2. The van der Waals surface area contributed by atoms with E-state index in [2.05, 4.69) is 4.74 Å².